The summed E-state index contributed by atoms with van der Waals surface area (Å²) in [7, 11) is -2.43. The van der Waals surface area contributed by atoms with Gasteiger partial charge in [-0.25, -0.2) is 8.42 Å². The third-order valence-corrected chi connectivity index (χ3v) is 7.46. The summed E-state index contributed by atoms with van der Waals surface area (Å²) in [5.74, 6) is -0.865. The first kappa shape index (κ1) is 23.9. The maximum Gasteiger partial charge on any atom is 0.247 e. The van der Waals surface area contributed by atoms with Crippen LogP contribution in [-0.2, 0) is 30.9 Å². The highest BCUT2D eigenvalue weighted by Crippen LogP contribution is 2.27. The number of carbonyl (C=O) groups excluding carboxylic acids is 2. The van der Waals surface area contributed by atoms with Crippen LogP contribution in [0.3, 0.4) is 0 Å². The smallest absolute Gasteiger partial charge is 0.247 e. The van der Waals surface area contributed by atoms with E-state index in [0.717, 1.165) is 15.4 Å². The molecule has 0 saturated carbocycles. The zero-order valence-corrected chi connectivity index (χ0v) is 19.4. The zero-order chi connectivity index (χ0) is 23.4. The molecule has 1 atom stereocenters. The van der Waals surface area contributed by atoms with E-state index in [1.807, 2.05) is 31.2 Å². The van der Waals surface area contributed by atoms with E-state index >= 15 is 0 Å². The Morgan fingerprint density at radius 1 is 1.12 bits per heavy atom. The number of sulfonamides is 1. The Labute approximate surface area is 189 Å². The van der Waals surface area contributed by atoms with Crippen molar-refractivity contribution >= 4 is 21.8 Å². The molecule has 0 spiro atoms. The van der Waals surface area contributed by atoms with Crippen LogP contribution in [0.25, 0.3) is 0 Å². The quantitative estimate of drug-likeness (QED) is 0.646. The van der Waals surface area contributed by atoms with Gasteiger partial charge in [0.05, 0.1) is 18.0 Å². The number of nitrogens with one attached hydrogen (secondary N) is 1. The van der Waals surface area contributed by atoms with E-state index < -0.39 is 27.4 Å². The van der Waals surface area contributed by atoms with E-state index in [1.165, 1.54) is 24.1 Å². The number of ether oxygens (including phenoxy) is 1. The van der Waals surface area contributed by atoms with Crippen LogP contribution in [0, 0.1) is 6.92 Å². The van der Waals surface area contributed by atoms with Crippen LogP contribution in [0.15, 0.2) is 59.5 Å². The Morgan fingerprint density at radius 2 is 1.78 bits per heavy atom. The summed E-state index contributed by atoms with van der Waals surface area (Å²) in [6.07, 6.45) is 0. The van der Waals surface area contributed by atoms with Crippen molar-refractivity contribution in [2.75, 3.05) is 33.4 Å². The molecular weight excluding hydrogens is 430 g/mol. The lowest BCUT2D eigenvalue weighted by Crippen LogP contribution is -2.70. The van der Waals surface area contributed by atoms with Crippen molar-refractivity contribution in [1.82, 2.24) is 14.5 Å². The van der Waals surface area contributed by atoms with Crippen molar-refractivity contribution in [2.24, 2.45) is 0 Å². The average molecular weight is 460 g/mol. The molecule has 1 fully saturated rings. The van der Waals surface area contributed by atoms with Crippen molar-refractivity contribution in [3.63, 3.8) is 0 Å². The number of methoxy groups -OCH3 is 1. The molecular formula is C23H29N3O5S. The van der Waals surface area contributed by atoms with Gasteiger partial charge in [-0.15, -0.1) is 0 Å². The monoisotopic (exact) mass is 459 g/mol. The molecule has 2 aromatic rings. The number of aryl methyl sites for hydroxylation is 1. The predicted octanol–water partition coefficient (Wildman–Crippen LogP) is 1.55. The van der Waals surface area contributed by atoms with Crippen molar-refractivity contribution in [3.05, 3.63) is 65.7 Å². The van der Waals surface area contributed by atoms with Gasteiger partial charge in [0.15, 0.2) is 0 Å². The fourth-order valence-corrected chi connectivity index (χ4v) is 5.24. The normalized spacial score (nSPS) is 19.7. The number of nitrogens with zero attached hydrogens (tertiary/aromatic N) is 2. The Hall–Kier alpha value is -2.75. The Bertz CT molecular complexity index is 1060. The second kappa shape index (κ2) is 9.81. The molecule has 1 aliphatic heterocycles. The highest BCUT2D eigenvalue weighted by molar-refractivity contribution is 7.89. The molecule has 3 rings (SSSR count). The molecule has 1 saturated heterocycles. The SMILES string of the molecule is COCCN1C(=O)CN(S(=O)(=O)c2ccccc2)C[C@@]1(C)C(=O)NCc1ccc(C)cc1. The molecule has 2 amide bonds. The number of piperazine rings is 1. The minimum Gasteiger partial charge on any atom is -0.383 e. The highest BCUT2D eigenvalue weighted by Gasteiger charge is 2.50. The van der Waals surface area contributed by atoms with Gasteiger partial charge in [-0.1, -0.05) is 48.0 Å². The third-order valence-electron chi connectivity index (χ3n) is 5.66. The minimum atomic E-state index is -3.94. The van der Waals surface area contributed by atoms with Crippen molar-refractivity contribution in [3.8, 4) is 0 Å². The van der Waals surface area contributed by atoms with Gasteiger partial charge < -0.3 is 15.0 Å². The van der Waals surface area contributed by atoms with Gasteiger partial charge in [0.25, 0.3) is 0 Å². The predicted molar refractivity (Wildman–Crippen MR) is 120 cm³/mol. The summed E-state index contributed by atoms with van der Waals surface area (Å²) in [6, 6.07) is 15.7. The summed E-state index contributed by atoms with van der Waals surface area (Å²) in [5.41, 5.74) is 0.629. The standard InChI is InChI=1S/C23H29N3O5S/c1-18-9-11-19(12-10-18)15-24-22(28)23(2)17-25(16-21(27)26(23)13-14-31-3)32(29,30)20-7-5-4-6-8-20/h4-12H,13-17H2,1-3H3,(H,24,28)/t23-/m0/s1. The number of benzene rings is 2. The highest BCUT2D eigenvalue weighted by atomic mass is 32.2. The Morgan fingerprint density at radius 3 is 2.41 bits per heavy atom. The second-order valence-electron chi connectivity index (χ2n) is 8.07. The first-order chi connectivity index (χ1) is 15.2. The summed E-state index contributed by atoms with van der Waals surface area (Å²) >= 11 is 0. The van der Waals surface area contributed by atoms with Gasteiger partial charge in [-0.3, -0.25) is 9.59 Å². The summed E-state index contributed by atoms with van der Waals surface area (Å²) in [5, 5.41) is 2.87. The number of amides is 2. The van der Waals surface area contributed by atoms with Crippen LogP contribution in [-0.4, -0.2) is 68.3 Å². The van der Waals surface area contributed by atoms with Crippen LogP contribution in [0.5, 0.6) is 0 Å². The molecule has 0 radical (unpaired) electrons. The molecule has 0 bridgehead atoms. The number of hydrogen-bond donors (Lipinski definition) is 1. The lowest BCUT2D eigenvalue weighted by molar-refractivity contribution is -0.153. The van der Waals surface area contributed by atoms with E-state index in [4.69, 9.17) is 4.74 Å². The molecule has 1 aliphatic rings. The molecule has 32 heavy (non-hydrogen) atoms. The fraction of sp³-hybridized carbons (Fsp3) is 0.391. The lowest BCUT2D eigenvalue weighted by Gasteiger charge is -2.46. The molecule has 2 aromatic carbocycles. The van der Waals surface area contributed by atoms with E-state index in [9.17, 15) is 18.0 Å². The van der Waals surface area contributed by atoms with Gasteiger partial charge in [-0.05, 0) is 31.5 Å². The van der Waals surface area contributed by atoms with Gasteiger partial charge >= 0.3 is 0 Å². The van der Waals surface area contributed by atoms with Crippen LogP contribution >= 0.6 is 0 Å². The Balaban J connectivity index is 1.87. The maximum absolute atomic E-state index is 13.3. The molecule has 172 valence electrons. The molecule has 1 N–H and O–H groups in total. The fourth-order valence-electron chi connectivity index (χ4n) is 3.73. The Kier molecular flexibility index (Phi) is 7.33. The van der Waals surface area contributed by atoms with E-state index in [-0.39, 0.29) is 37.7 Å². The number of carbonyl (C=O) groups is 2. The van der Waals surface area contributed by atoms with Gasteiger partial charge in [0.1, 0.15) is 5.54 Å². The van der Waals surface area contributed by atoms with Crippen LogP contribution in [0.1, 0.15) is 18.1 Å². The minimum absolute atomic E-state index is 0.0838. The molecule has 0 unspecified atom stereocenters. The first-order valence-electron chi connectivity index (χ1n) is 10.4. The molecule has 9 heteroatoms. The summed E-state index contributed by atoms with van der Waals surface area (Å²) < 4.78 is 32.5. The molecule has 8 nitrogen and oxygen atoms in total. The topological polar surface area (TPSA) is 96.0 Å². The van der Waals surface area contributed by atoms with Crippen molar-refractivity contribution in [2.45, 2.75) is 30.8 Å². The van der Waals surface area contributed by atoms with E-state index in [2.05, 4.69) is 5.32 Å². The first-order valence-corrected chi connectivity index (χ1v) is 11.8. The zero-order valence-electron chi connectivity index (χ0n) is 18.6. The molecule has 1 heterocycles. The maximum atomic E-state index is 13.3. The van der Waals surface area contributed by atoms with E-state index in [1.54, 1.807) is 25.1 Å². The van der Waals surface area contributed by atoms with Crippen LogP contribution < -0.4 is 5.32 Å². The van der Waals surface area contributed by atoms with Crippen molar-refractivity contribution < 1.29 is 22.7 Å². The molecule has 0 aliphatic carbocycles. The number of rotatable bonds is 8. The van der Waals surface area contributed by atoms with Crippen LogP contribution in [0.4, 0.5) is 0 Å². The van der Waals surface area contributed by atoms with Gasteiger partial charge in [0.2, 0.25) is 21.8 Å². The van der Waals surface area contributed by atoms with E-state index in [0.29, 0.717) is 0 Å². The lowest BCUT2D eigenvalue weighted by atomic mass is 9.95. The second-order valence-corrected chi connectivity index (χ2v) is 10.0. The van der Waals surface area contributed by atoms with Crippen LogP contribution in [0.2, 0.25) is 0 Å². The van der Waals surface area contributed by atoms with Crippen molar-refractivity contribution in [1.29, 1.82) is 0 Å². The average Bonchev–Trinajstić information content (AvgIpc) is 2.78. The molecule has 0 aromatic heterocycles. The number of hydrogen-bond acceptors (Lipinski definition) is 5. The summed E-state index contributed by atoms with van der Waals surface area (Å²) in [4.78, 5) is 27.8. The van der Waals surface area contributed by atoms with Gasteiger partial charge in [-0.2, -0.15) is 4.31 Å². The largest absolute Gasteiger partial charge is 0.383 e. The third kappa shape index (κ3) is 5.01. The van der Waals surface area contributed by atoms with Gasteiger partial charge in [0, 0.05) is 26.7 Å². The summed E-state index contributed by atoms with van der Waals surface area (Å²) in [6.45, 7) is 3.78.